The summed E-state index contributed by atoms with van der Waals surface area (Å²) in [6.07, 6.45) is 8.05. The van der Waals surface area contributed by atoms with Crippen LogP contribution < -0.4 is 10.6 Å². The van der Waals surface area contributed by atoms with Crippen molar-refractivity contribution in [3.63, 3.8) is 0 Å². The van der Waals surface area contributed by atoms with Gasteiger partial charge in [-0.05, 0) is 32.6 Å². The van der Waals surface area contributed by atoms with Gasteiger partial charge in [0, 0.05) is 25.7 Å². The standard InChI is InChI=1S/C18H33F3N4O3S.HI/c1-2-22-17(23-11-14-28-16-7-5-3-4-6-8-16)24-15-9-12-25(13-10-15)29(26,27)18(19,20)21;/h15-16H,2-14H2,1H3,(H2,22,23,24);1H. The van der Waals surface area contributed by atoms with Gasteiger partial charge in [0.15, 0.2) is 5.96 Å². The third-order valence-electron chi connectivity index (χ3n) is 5.29. The number of alkyl halides is 3. The van der Waals surface area contributed by atoms with E-state index in [2.05, 4.69) is 15.6 Å². The molecule has 12 heteroatoms. The second-order valence-corrected chi connectivity index (χ2v) is 9.44. The second-order valence-electron chi connectivity index (χ2n) is 7.51. The summed E-state index contributed by atoms with van der Waals surface area (Å²) < 4.78 is 67.4. The average Bonchev–Trinajstić information content (AvgIpc) is 2.94. The van der Waals surface area contributed by atoms with Crippen LogP contribution in [0.4, 0.5) is 13.2 Å². The van der Waals surface area contributed by atoms with Crippen LogP contribution in [0.25, 0.3) is 0 Å². The predicted octanol–water partition coefficient (Wildman–Crippen LogP) is 3.21. The minimum absolute atomic E-state index is 0. The lowest BCUT2D eigenvalue weighted by atomic mass is 10.1. The van der Waals surface area contributed by atoms with Crippen LogP contribution in [-0.4, -0.2) is 69.1 Å². The van der Waals surface area contributed by atoms with Gasteiger partial charge in [-0.25, -0.2) is 8.42 Å². The first kappa shape index (κ1) is 27.7. The highest BCUT2D eigenvalue weighted by atomic mass is 127. The Labute approximate surface area is 194 Å². The van der Waals surface area contributed by atoms with Gasteiger partial charge in [0.1, 0.15) is 0 Å². The van der Waals surface area contributed by atoms with Crippen molar-refractivity contribution in [1.82, 2.24) is 14.9 Å². The highest BCUT2D eigenvalue weighted by Gasteiger charge is 2.50. The number of nitrogens with zero attached hydrogens (tertiary/aromatic N) is 2. The molecule has 0 aromatic carbocycles. The van der Waals surface area contributed by atoms with Crippen molar-refractivity contribution >= 4 is 40.0 Å². The molecule has 0 amide bonds. The molecule has 1 aliphatic heterocycles. The number of sulfonamides is 1. The minimum atomic E-state index is -5.25. The number of ether oxygens (including phenoxy) is 1. The van der Waals surface area contributed by atoms with Crippen LogP contribution in [0.3, 0.4) is 0 Å². The van der Waals surface area contributed by atoms with Crippen LogP contribution in [0, 0.1) is 0 Å². The summed E-state index contributed by atoms with van der Waals surface area (Å²) in [6.45, 7) is 3.28. The Morgan fingerprint density at radius 1 is 1.10 bits per heavy atom. The van der Waals surface area contributed by atoms with Gasteiger partial charge in [0.05, 0.1) is 19.3 Å². The van der Waals surface area contributed by atoms with Crippen molar-refractivity contribution in [3.8, 4) is 0 Å². The van der Waals surface area contributed by atoms with E-state index in [1.165, 1.54) is 25.7 Å². The van der Waals surface area contributed by atoms with Crippen molar-refractivity contribution in [3.05, 3.63) is 0 Å². The minimum Gasteiger partial charge on any atom is -0.376 e. The zero-order chi connectivity index (χ0) is 21.3. The summed E-state index contributed by atoms with van der Waals surface area (Å²) in [7, 11) is -5.25. The summed E-state index contributed by atoms with van der Waals surface area (Å²) in [4.78, 5) is 4.48. The Bertz CT molecular complexity index is 619. The summed E-state index contributed by atoms with van der Waals surface area (Å²) in [5, 5.41) is 6.31. The van der Waals surface area contributed by atoms with Crippen molar-refractivity contribution < 1.29 is 26.3 Å². The summed E-state index contributed by atoms with van der Waals surface area (Å²) in [5.74, 6) is 0.578. The molecule has 1 saturated heterocycles. The summed E-state index contributed by atoms with van der Waals surface area (Å²) in [5.41, 5.74) is -5.25. The monoisotopic (exact) mass is 570 g/mol. The largest absolute Gasteiger partial charge is 0.511 e. The molecule has 2 fully saturated rings. The molecule has 0 radical (unpaired) electrons. The van der Waals surface area contributed by atoms with Crippen molar-refractivity contribution in [2.24, 2.45) is 4.99 Å². The van der Waals surface area contributed by atoms with Crippen LogP contribution in [0.15, 0.2) is 4.99 Å². The molecular formula is C18H34F3IN4O3S. The molecule has 2 aliphatic rings. The molecule has 1 saturated carbocycles. The fourth-order valence-electron chi connectivity index (χ4n) is 3.69. The number of guanidine groups is 1. The van der Waals surface area contributed by atoms with E-state index in [0.717, 1.165) is 12.8 Å². The van der Waals surface area contributed by atoms with E-state index in [-0.39, 0.29) is 55.9 Å². The number of aliphatic imine (C=N–C) groups is 1. The molecular weight excluding hydrogens is 536 g/mol. The number of piperidine rings is 1. The van der Waals surface area contributed by atoms with Crippen LogP contribution >= 0.6 is 24.0 Å². The number of rotatable bonds is 7. The lowest BCUT2D eigenvalue weighted by Crippen LogP contribution is -2.51. The maximum Gasteiger partial charge on any atom is 0.511 e. The molecule has 0 bridgehead atoms. The first-order valence-electron chi connectivity index (χ1n) is 10.5. The smallest absolute Gasteiger partial charge is 0.376 e. The van der Waals surface area contributed by atoms with Crippen LogP contribution in [0.2, 0.25) is 0 Å². The van der Waals surface area contributed by atoms with Crippen molar-refractivity contribution in [2.75, 3.05) is 32.8 Å². The molecule has 0 spiro atoms. The van der Waals surface area contributed by atoms with Gasteiger partial charge in [-0.1, -0.05) is 25.7 Å². The molecule has 1 heterocycles. The fourth-order valence-corrected chi connectivity index (χ4v) is 4.67. The molecule has 2 N–H and O–H groups in total. The van der Waals surface area contributed by atoms with Gasteiger partial charge in [-0.3, -0.25) is 4.99 Å². The third-order valence-corrected chi connectivity index (χ3v) is 6.92. The quantitative estimate of drug-likeness (QED) is 0.162. The Kier molecular flexibility index (Phi) is 12.2. The highest BCUT2D eigenvalue weighted by molar-refractivity contribution is 14.0. The number of hydrogen-bond donors (Lipinski definition) is 2. The van der Waals surface area contributed by atoms with Crippen LogP contribution in [-0.2, 0) is 14.8 Å². The van der Waals surface area contributed by atoms with E-state index in [1.807, 2.05) is 6.92 Å². The van der Waals surface area contributed by atoms with E-state index >= 15 is 0 Å². The zero-order valence-electron chi connectivity index (χ0n) is 17.4. The van der Waals surface area contributed by atoms with Gasteiger partial charge in [0.2, 0.25) is 0 Å². The van der Waals surface area contributed by atoms with Crippen molar-refractivity contribution in [2.45, 2.75) is 75.9 Å². The molecule has 0 atom stereocenters. The molecule has 1 aliphatic carbocycles. The normalized spacial score (nSPS) is 21.0. The van der Waals surface area contributed by atoms with Crippen LogP contribution in [0.1, 0.15) is 58.3 Å². The lowest BCUT2D eigenvalue weighted by molar-refractivity contribution is -0.0494. The molecule has 0 aromatic rings. The Morgan fingerprint density at radius 2 is 1.70 bits per heavy atom. The maximum atomic E-state index is 12.7. The summed E-state index contributed by atoms with van der Waals surface area (Å²) >= 11 is 0. The molecule has 0 aromatic heterocycles. The first-order valence-corrected chi connectivity index (χ1v) is 11.9. The zero-order valence-corrected chi connectivity index (χ0v) is 20.6. The second kappa shape index (κ2) is 13.3. The van der Waals surface area contributed by atoms with E-state index in [0.29, 0.717) is 36.1 Å². The van der Waals surface area contributed by atoms with Gasteiger partial charge in [-0.2, -0.15) is 17.5 Å². The number of halogens is 4. The van der Waals surface area contributed by atoms with Gasteiger partial charge in [0.25, 0.3) is 0 Å². The Hall–Kier alpha value is -0.340. The van der Waals surface area contributed by atoms with Crippen molar-refractivity contribution in [1.29, 1.82) is 0 Å². The molecule has 30 heavy (non-hydrogen) atoms. The lowest BCUT2D eigenvalue weighted by Gasteiger charge is -2.32. The Morgan fingerprint density at radius 3 is 2.23 bits per heavy atom. The van der Waals surface area contributed by atoms with Gasteiger partial charge < -0.3 is 15.4 Å². The Balaban J connectivity index is 0.00000450. The number of nitrogens with one attached hydrogen (secondary N) is 2. The predicted molar refractivity (Wildman–Crippen MR) is 122 cm³/mol. The van der Waals surface area contributed by atoms with Gasteiger partial charge >= 0.3 is 15.5 Å². The average molecular weight is 570 g/mol. The summed E-state index contributed by atoms with van der Waals surface area (Å²) in [6, 6.07) is -0.129. The molecule has 178 valence electrons. The fraction of sp³-hybridized carbons (Fsp3) is 0.944. The first-order chi connectivity index (χ1) is 13.7. The van der Waals surface area contributed by atoms with E-state index in [9.17, 15) is 21.6 Å². The topological polar surface area (TPSA) is 83.0 Å². The van der Waals surface area contributed by atoms with Gasteiger partial charge in [-0.15, -0.1) is 24.0 Å². The van der Waals surface area contributed by atoms with Crippen LogP contribution in [0.5, 0.6) is 0 Å². The maximum absolute atomic E-state index is 12.7. The van der Waals surface area contributed by atoms with E-state index in [4.69, 9.17) is 4.74 Å². The highest BCUT2D eigenvalue weighted by Crippen LogP contribution is 2.29. The molecule has 7 nitrogen and oxygen atoms in total. The third kappa shape index (κ3) is 8.65. The van der Waals surface area contributed by atoms with E-state index < -0.39 is 15.5 Å². The number of hydrogen-bond acceptors (Lipinski definition) is 4. The molecule has 0 unspecified atom stereocenters. The SMILES string of the molecule is CCNC(=NCCOC1CCCCCC1)NC1CCN(S(=O)(=O)C(F)(F)F)CC1.I. The van der Waals surface area contributed by atoms with E-state index in [1.54, 1.807) is 0 Å². The molecule has 2 rings (SSSR count).